The number of hydrogen-bond donors (Lipinski definition) is 10. The van der Waals surface area contributed by atoms with Gasteiger partial charge in [0.05, 0.1) is 18.7 Å². The summed E-state index contributed by atoms with van der Waals surface area (Å²) in [5, 5.41) is 36.3. The fraction of sp³-hybridized carbons (Fsp3) is 0.469. The van der Waals surface area contributed by atoms with Crippen LogP contribution in [0.2, 0.25) is 0 Å². The molecule has 1 heterocycles. The number of aromatic hydroxyl groups is 1. The zero-order valence-electron chi connectivity index (χ0n) is 39.3. The van der Waals surface area contributed by atoms with Gasteiger partial charge in [-0.05, 0) is 66.8 Å². The van der Waals surface area contributed by atoms with E-state index in [2.05, 4.69) is 31.9 Å². The molecule has 3 aromatic rings. The van der Waals surface area contributed by atoms with Gasteiger partial charge in [0.15, 0.2) is 0 Å². The molecule has 0 unspecified atom stereocenters. The zero-order chi connectivity index (χ0) is 50.1. The number of hydrogen-bond acceptors (Lipinski definition) is 11. The maximum atomic E-state index is 14.3. The maximum absolute atomic E-state index is 14.3. The second kappa shape index (κ2) is 25.9. The molecule has 0 radical (unpaired) electrons. The van der Waals surface area contributed by atoms with E-state index in [-0.39, 0.29) is 37.5 Å². The number of amides is 8. The number of carbonyl (C=O) groups is 8. The minimum Gasteiger partial charge on any atom is -0.508 e. The minimum absolute atomic E-state index is 0.0356. The van der Waals surface area contributed by atoms with E-state index in [0.717, 1.165) is 5.56 Å². The molecule has 8 amide bonds. The van der Waals surface area contributed by atoms with Gasteiger partial charge in [0.2, 0.25) is 47.3 Å². The van der Waals surface area contributed by atoms with Crippen molar-refractivity contribution in [2.45, 2.75) is 122 Å². The summed E-state index contributed by atoms with van der Waals surface area (Å²) in [6, 6.07) is 15.3. The third-order valence-corrected chi connectivity index (χ3v) is 11.9. The summed E-state index contributed by atoms with van der Waals surface area (Å²) in [5.74, 6) is -6.62. The van der Waals surface area contributed by atoms with Crippen molar-refractivity contribution in [2.75, 3.05) is 13.1 Å². The van der Waals surface area contributed by atoms with E-state index >= 15 is 0 Å². The van der Waals surface area contributed by atoms with Gasteiger partial charge in [0.1, 0.15) is 42.0 Å². The Morgan fingerprint density at radius 2 is 1.16 bits per heavy atom. The van der Waals surface area contributed by atoms with Crippen LogP contribution in [0.1, 0.15) is 70.6 Å². The van der Waals surface area contributed by atoms with Crippen LogP contribution in [-0.4, -0.2) is 124 Å². The van der Waals surface area contributed by atoms with Crippen molar-refractivity contribution in [2.24, 2.45) is 23.3 Å². The highest BCUT2D eigenvalue weighted by Gasteiger charge is 2.41. The summed E-state index contributed by atoms with van der Waals surface area (Å²) in [7, 11) is 0. The normalized spacial score (nSPS) is 16.9. The number of phenols is 1. The molecule has 0 aliphatic carbocycles. The number of rotatable bonds is 24. The van der Waals surface area contributed by atoms with Crippen LogP contribution < -0.4 is 43.4 Å². The molecule has 9 atom stereocenters. The molecule has 0 spiro atoms. The number of nitrogens with two attached hydrogens (primary N) is 2. The largest absolute Gasteiger partial charge is 0.508 e. The molecule has 19 heteroatoms. The van der Waals surface area contributed by atoms with Gasteiger partial charge in [0.25, 0.3) is 0 Å². The van der Waals surface area contributed by atoms with Gasteiger partial charge in [-0.2, -0.15) is 0 Å². The van der Waals surface area contributed by atoms with E-state index in [1.807, 2.05) is 37.3 Å². The third kappa shape index (κ3) is 15.9. The lowest BCUT2D eigenvalue weighted by atomic mass is 9.96. The SMILES string of the molecule is CC[C@H](C)[C@H](NC(=O)[C@@H]1CCCN1C(=O)[C@@H](NC(=O)[C@@H](N)Cc1ccccc1)C(C)C)C(=O)N[C@@H](Cc1ccccc1)C(=O)N[C@H](C(=O)N[C@@H](Cc1ccc(O)cc1)C(=O)NCC(N)=O)[C@@H](C)O. The van der Waals surface area contributed by atoms with Crippen LogP contribution in [0.4, 0.5) is 0 Å². The van der Waals surface area contributed by atoms with Crippen molar-refractivity contribution in [3.8, 4) is 5.75 Å². The number of aliphatic hydroxyl groups excluding tert-OH is 1. The van der Waals surface area contributed by atoms with Gasteiger partial charge in [-0.25, -0.2) is 0 Å². The number of likely N-dealkylation sites (tertiary alicyclic amines) is 1. The van der Waals surface area contributed by atoms with Crippen molar-refractivity contribution in [3.05, 3.63) is 102 Å². The predicted octanol–water partition coefficient (Wildman–Crippen LogP) is -0.153. The lowest BCUT2D eigenvalue weighted by Gasteiger charge is -2.33. The van der Waals surface area contributed by atoms with Crippen molar-refractivity contribution < 1.29 is 48.6 Å². The van der Waals surface area contributed by atoms with E-state index in [9.17, 15) is 48.6 Å². The molecule has 68 heavy (non-hydrogen) atoms. The van der Waals surface area contributed by atoms with Gasteiger partial charge in [-0.3, -0.25) is 38.4 Å². The van der Waals surface area contributed by atoms with E-state index in [4.69, 9.17) is 11.5 Å². The van der Waals surface area contributed by atoms with E-state index in [0.29, 0.717) is 30.4 Å². The molecule has 12 N–H and O–H groups in total. The Hall–Kier alpha value is -6.86. The van der Waals surface area contributed by atoms with Crippen LogP contribution in [0.3, 0.4) is 0 Å². The summed E-state index contributed by atoms with van der Waals surface area (Å²) < 4.78 is 0. The Bertz CT molecular complexity index is 2190. The van der Waals surface area contributed by atoms with Crippen molar-refractivity contribution in [1.82, 2.24) is 36.8 Å². The standard InChI is InChI=1S/C49H67N9O10/c1-6-29(4)41(56-46(65)38-18-13-23-58(38)49(68)40(28(2)3)55-43(62)35(50)24-31-14-9-7-10-15-31)47(66)54-37(25-32-16-11-8-12-17-32)45(64)57-42(30(5)59)48(67)53-36(44(63)52-27-39(51)61)26-33-19-21-34(60)22-20-33/h7-12,14-17,19-22,28-30,35-38,40-42,59-60H,6,13,18,23-27,50H2,1-5H3,(H2,51,61)(H,52,63)(H,53,67)(H,54,66)(H,55,62)(H,56,65)(H,57,64)/t29-,30+,35-,36-,37-,38-,40-,41-,42-/m0/s1. The first-order valence-corrected chi connectivity index (χ1v) is 23.0. The second-order valence-corrected chi connectivity index (χ2v) is 17.7. The van der Waals surface area contributed by atoms with Crippen molar-refractivity contribution >= 4 is 47.3 Å². The first-order chi connectivity index (χ1) is 32.3. The number of nitrogens with zero attached hydrogens (tertiary/aromatic N) is 1. The third-order valence-electron chi connectivity index (χ3n) is 11.9. The summed E-state index contributed by atoms with van der Waals surface area (Å²) in [6.07, 6.45) is -0.240. The smallest absolute Gasteiger partial charge is 0.246 e. The summed E-state index contributed by atoms with van der Waals surface area (Å²) in [4.78, 5) is 110. The zero-order valence-corrected chi connectivity index (χ0v) is 39.3. The first-order valence-electron chi connectivity index (χ1n) is 23.0. The van der Waals surface area contributed by atoms with Gasteiger partial charge in [-0.1, -0.05) is 107 Å². The molecule has 3 aromatic carbocycles. The van der Waals surface area contributed by atoms with Crippen LogP contribution in [0.15, 0.2) is 84.9 Å². The highest BCUT2D eigenvalue weighted by molar-refractivity contribution is 5.98. The van der Waals surface area contributed by atoms with Crippen molar-refractivity contribution in [3.63, 3.8) is 0 Å². The average Bonchev–Trinajstić information content (AvgIpc) is 3.81. The highest BCUT2D eigenvalue weighted by Crippen LogP contribution is 2.22. The number of carbonyl (C=O) groups excluding carboxylic acids is 8. The summed E-state index contributed by atoms with van der Waals surface area (Å²) in [6.45, 7) is 8.09. The molecule has 1 saturated heterocycles. The molecule has 0 saturated carbocycles. The minimum atomic E-state index is -1.65. The van der Waals surface area contributed by atoms with Gasteiger partial charge >= 0.3 is 0 Å². The molecular formula is C49H67N9O10. The molecule has 0 bridgehead atoms. The molecule has 368 valence electrons. The van der Waals surface area contributed by atoms with Gasteiger partial charge < -0.3 is 58.5 Å². The van der Waals surface area contributed by atoms with Crippen LogP contribution in [-0.2, 0) is 57.6 Å². The van der Waals surface area contributed by atoms with Gasteiger partial charge in [0, 0.05) is 19.4 Å². The fourth-order valence-electron chi connectivity index (χ4n) is 7.78. The van der Waals surface area contributed by atoms with Crippen LogP contribution in [0.25, 0.3) is 0 Å². The lowest BCUT2D eigenvalue weighted by molar-refractivity contribution is -0.143. The molecular weight excluding hydrogens is 875 g/mol. The van der Waals surface area contributed by atoms with E-state index in [1.54, 1.807) is 51.1 Å². The number of nitrogens with one attached hydrogen (secondary N) is 6. The number of aliphatic hydroxyl groups is 1. The lowest BCUT2D eigenvalue weighted by Crippen LogP contribution is -2.62. The molecule has 1 fully saturated rings. The molecule has 1 aliphatic heterocycles. The van der Waals surface area contributed by atoms with Gasteiger partial charge in [-0.15, -0.1) is 0 Å². The Labute approximate surface area is 396 Å². The second-order valence-electron chi connectivity index (χ2n) is 17.7. The van der Waals surface area contributed by atoms with Crippen LogP contribution >= 0.6 is 0 Å². The molecule has 19 nitrogen and oxygen atoms in total. The summed E-state index contributed by atoms with van der Waals surface area (Å²) in [5.41, 5.74) is 13.5. The first kappa shape index (κ1) is 53.8. The molecule has 0 aromatic heterocycles. The Balaban J connectivity index is 1.52. The number of benzene rings is 3. The van der Waals surface area contributed by atoms with Crippen molar-refractivity contribution in [1.29, 1.82) is 0 Å². The monoisotopic (exact) mass is 942 g/mol. The Morgan fingerprint density at radius 3 is 1.69 bits per heavy atom. The van der Waals surface area contributed by atoms with E-state index < -0.39 is 108 Å². The molecule has 1 aliphatic rings. The van der Waals surface area contributed by atoms with Crippen LogP contribution in [0.5, 0.6) is 5.75 Å². The summed E-state index contributed by atoms with van der Waals surface area (Å²) >= 11 is 0. The predicted molar refractivity (Wildman–Crippen MR) is 253 cm³/mol. The van der Waals surface area contributed by atoms with Crippen LogP contribution in [0, 0.1) is 11.8 Å². The highest BCUT2D eigenvalue weighted by atomic mass is 16.3. The van der Waals surface area contributed by atoms with E-state index in [1.165, 1.54) is 36.1 Å². The fourth-order valence-corrected chi connectivity index (χ4v) is 7.78. The molecule has 4 rings (SSSR count). The maximum Gasteiger partial charge on any atom is 0.246 e. The average molecular weight is 942 g/mol. The Morgan fingerprint density at radius 1 is 0.647 bits per heavy atom. The number of primary amides is 1. The topological polar surface area (TPSA) is 304 Å². The quantitative estimate of drug-likeness (QED) is 0.0563. The number of phenolic OH excluding ortho intramolecular Hbond substituents is 1. The Kier molecular flexibility index (Phi) is 20.5.